The molecule has 0 amide bonds. The number of benzene rings is 3. The molecule has 2 unspecified atom stereocenters. The summed E-state index contributed by atoms with van der Waals surface area (Å²) in [6, 6.07) is 33.1. The lowest BCUT2D eigenvalue weighted by molar-refractivity contribution is 0.565. The molecule has 208 valence electrons. The third-order valence-electron chi connectivity index (χ3n) is 8.61. The molecule has 43 heavy (non-hydrogen) atoms. The van der Waals surface area contributed by atoms with Crippen LogP contribution in [0.15, 0.2) is 140 Å². The Morgan fingerprint density at radius 1 is 0.814 bits per heavy atom. The quantitative estimate of drug-likeness (QED) is 0.187. The van der Waals surface area contributed by atoms with E-state index >= 15 is 4.57 Å². The summed E-state index contributed by atoms with van der Waals surface area (Å²) in [5.41, 5.74) is 5.98. The molecular weight excluding hydrogens is 565 g/mol. The SMILES string of the molecule is CC1(P(=O)(c2ccccc2)c2cc(-c3cccnc3)cc(-c3ccc4nc5c6ccccc6sc5n4c3)c2)C=CC=CC1. The van der Waals surface area contributed by atoms with Gasteiger partial charge in [0.1, 0.15) is 16.0 Å². The highest BCUT2D eigenvalue weighted by Crippen LogP contribution is 2.59. The van der Waals surface area contributed by atoms with Crippen LogP contribution in [0.1, 0.15) is 13.3 Å². The standard InChI is InChI=1S/C37H28N3OPS/c1-37(18-8-3-9-19-37)42(41,30-12-4-2-5-13-30)31-22-28(26-11-10-20-38-24-26)21-29(23-31)27-16-17-34-39-35-32-14-6-7-15-33(32)43-36(35)40(34)25-27/h2-18,20-25H,19H2,1H3. The molecule has 0 aliphatic heterocycles. The van der Waals surface area contributed by atoms with Gasteiger partial charge in [-0.3, -0.25) is 9.38 Å². The normalized spacial score (nSPS) is 18.0. The fourth-order valence-corrected chi connectivity index (χ4v) is 10.8. The minimum Gasteiger partial charge on any atom is -0.313 e. The second-order valence-corrected chi connectivity index (χ2v) is 15.6. The Hall–Kier alpha value is -4.57. The van der Waals surface area contributed by atoms with E-state index in [4.69, 9.17) is 4.98 Å². The largest absolute Gasteiger partial charge is 0.313 e. The molecule has 4 heterocycles. The van der Waals surface area contributed by atoms with Gasteiger partial charge in [0.15, 0.2) is 7.14 Å². The summed E-state index contributed by atoms with van der Waals surface area (Å²) < 4.78 is 19.2. The van der Waals surface area contributed by atoms with Crippen molar-refractivity contribution in [1.82, 2.24) is 14.4 Å². The van der Waals surface area contributed by atoms with E-state index in [1.807, 2.05) is 54.7 Å². The lowest BCUT2D eigenvalue weighted by Gasteiger charge is -2.37. The summed E-state index contributed by atoms with van der Waals surface area (Å²) in [6.45, 7) is 2.13. The maximum atomic E-state index is 15.8. The predicted molar refractivity (Wildman–Crippen MR) is 181 cm³/mol. The number of rotatable bonds is 5. The minimum absolute atomic E-state index is 0.564. The van der Waals surface area contributed by atoms with E-state index in [2.05, 4.69) is 95.3 Å². The van der Waals surface area contributed by atoms with Crippen LogP contribution in [0, 0.1) is 0 Å². The zero-order valence-corrected chi connectivity index (χ0v) is 25.3. The molecule has 6 heteroatoms. The summed E-state index contributed by atoms with van der Waals surface area (Å²) >= 11 is 1.76. The average Bonchev–Trinajstić information content (AvgIpc) is 3.61. The van der Waals surface area contributed by atoms with Crippen molar-refractivity contribution in [3.63, 3.8) is 0 Å². The van der Waals surface area contributed by atoms with E-state index in [9.17, 15) is 0 Å². The van der Waals surface area contributed by atoms with Crippen LogP contribution < -0.4 is 10.6 Å². The smallest absolute Gasteiger partial charge is 0.152 e. The van der Waals surface area contributed by atoms with Gasteiger partial charge in [0.05, 0.1) is 5.16 Å². The third kappa shape index (κ3) is 4.15. The van der Waals surface area contributed by atoms with E-state index in [-0.39, 0.29) is 0 Å². The van der Waals surface area contributed by atoms with E-state index in [1.165, 1.54) is 10.1 Å². The number of hydrogen-bond acceptors (Lipinski definition) is 4. The van der Waals surface area contributed by atoms with Crippen LogP contribution in [0.5, 0.6) is 0 Å². The van der Waals surface area contributed by atoms with Crippen LogP contribution >= 0.6 is 18.5 Å². The second kappa shape index (κ2) is 10.0. The number of imidazole rings is 1. The number of pyridine rings is 2. The van der Waals surface area contributed by atoms with Crippen LogP contribution in [-0.2, 0) is 4.57 Å². The predicted octanol–water partition coefficient (Wildman–Crippen LogP) is 9.02. The summed E-state index contributed by atoms with van der Waals surface area (Å²) in [7, 11) is -3.18. The van der Waals surface area contributed by atoms with Crippen molar-refractivity contribution in [2.24, 2.45) is 0 Å². The maximum Gasteiger partial charge on any atom is 0.152 e. The molecule has 0 saturated heterocycles. The third-order valence-corrected chi connectivity index (χ3v) is 13.5. The zero-order valence-electron chi connectivity index (χ0n) is 23.6. The van der Waals surface area contributed by atoms with Gasteiger partial charge in [0, 0.05) is 44.8 Å². The van der Waals surface area contributed by atoms with Gasteiger partial charge in [-0.25, -0.2) is 4.98 Å². The van der Waals surface area contributed by atoms with Gasteiger partial charge >= 0.3 is 0 Å². The molecule has 0 bridgehead atoms. The number of hydrogen-bond donors (Lipinski definition) is 0. The van der Waals surface area contributed by atoms with Crippen molar-refractivity contribution in [3.05, 3.63) is 140 Å². The first kappa shape index (κ1) is 26.1. The molecule has 0 N–H and O–H groups in total. The van der Waals surface area contributed by atoms with Crippen molar-refractivity contribution in [3.8, 4) is 22.3 Å². The molecule has 1 aliphatic carbocycles. The van der Waals surface area contributed by atoms with Crippen LogP contribution in [0.4, 0.5) is 0 Å². The Labute approximate surface area is 254 Å². The molecule has 0 radical (unpaired) electrons. The molecule has 8 rings (SSSR count). The lowest BCUT2D eigenvalue weighted by atomic mass is 10.0. The Balaban J connectivity index is 1.39. The van der Waals surface area contributed by atoms with Crippen LogP contribution in [-0.4, -0.2) is 19.5 Å². The minimum atomic E-state index is -3.18. The highest BCUT2D eigenvalue weighted by atomic mass is 32.1. The van der Waals surface area contributed by atoms with Crippen molar-refractivity contribution >= 4 is 55.2 Å². The van der Waals surface area contributed by atoms with Gasteiger partial charge in [-0.1, -0.05) is 78.9 Å². The first-order valence-electron chi connectivity index (χ1n) is 14.4. The van der Waals surface area contributed by atoms with Crippen molar-refractivity contribution in [2.75, 3.05) is 0 Å². The van der Waals surface area contributed by atoms with E-state index < -0.39 is 12.3 Å². The molecule has 0 saturated carbocycles. The van der Waals surface area contributed by atoms with E-state index in [0.29, 0.717) is 6.42 Å². The Bertz CT molecular complexity index is 2270. The van der Waals surface area contributed by atoms with Gasteiger partial charge in [-0.05, 0) is 72.5 Å². The average molecular weight is 594 g/mol. The number of aromatic nitrogens is 3. The van der Waals surface area contributed by atoms with Crippen LogP contribution in [0.25, 0.3) is 48.3 Å². The second-order valence-electron chi connectivity index (χ2n) is 11.3. The Morgan fingerprint density at radius 3 is 2.42 bits per heavy atom. The summed E-state index contributed by atoms with van der Waals surface area (Å²) in [5, 5.41) is 2.32. The molecule has 1 aliphatic rings. The molecule has 7 aromatic rings. The number of fused-ring (bicyclic) bond motifs is 5. The molecular formula is C37H28N3OPS. The van der Waals surface area contributed by atoms with Gasteiger partial charge in [-0.15, -0.1) is 11.3 Å². The molecule has 3 aromatic carbocycles. The fourth-order valence-electron chi connectivity index (χ4n) is 6.31. The molecule has 4 nitrogen and oxygen atoms in total. The molecule has 2 atom stereocenters. The fraction of sp³-hybridized carbons (Fsp3) is 0.0811. The summed E-state index contributed by atoms with van der Waals surface area (Å²) in [5.74, 6) is 0. The van der Waals surface area contributed by atoms with Crippen LogP contribution in [0.3, 0.4) is 0 Å². The van der Waals surface area contributed by atoms with Gasteiger partial charge in [0.25, 0.3) is 0 Å². The summed E-state index contributed by atoms with van der Waals surface area (Å²) in [6.07, 6.45) is 14.9. The topological polar surface area (TPSA) is 47.3 Å². The van der Waals surface area contributed by atoms with Gasteiger partial charge < -0.3 is 4.57 Å². The molecule has 0 spiro atoms. The number of allylic oxidation sites excluding steroid dienone is 4. The number of thiophene rings is 1. The molecule has 4 aromatic heterocycles. The molecule has 0 fully saturated rings. The highest BCUT2D eigenvalue weighted by molar-refractivity contribution is 7.80. The van der Waals surface area contributed by atoms with Crippen molar-refractivity contribution in [1.29, 1.82) is 0 Å². The Morgan fingerprint density at radius 2 is 1.63 bits per heavy atom. The first-order chi connectivity index (χ1) is 21.0. The Kier molecular flexibility index (Phi) is 6.08. The zero-order chi connectivity index (χ0) is 29.0. The van der Waals surface area contributed by atoms with Crippen molar-refractivity contribution < 1.29 is 4.57 Å². The summed E-state index contributed by atoms with van der Waals surface area (Å²) in [4.78, 5) is 10.5. The first-order valence-corrected chi connectivity index (χ1v) is 16.9. The van der Waals surface area contributed by atoms with Gasteiger partial charge in [-0.2, -0.15) is 0 Å². The van der Waals surface area contributed by atoms with E-state index in [1.54, 1.807) is 17.5 Å². The monoisotopic (exact) mass is 593 g/mol. The van der Waals surface area contributed by atoms with E-state index in [0.717, 1.165) is 48.9 Å². The van der Waals surface area contributed by atoms with Crippen LogP contribution in [0.2, 0.25) is 0 Å². The maximum absolute atomic E-state index is 15.8. The number of nitrogens with zero attached hydrogens (tertiary/aromatic N) is 3. The lowest BCUT2D eigenvalue weighted by Crippen LogP contribution is -2.34. The van der Waals surface area contributed by atoms with Crippen molar-refractivity contribution in [2.45, 2.75) is 18.5 Å². The van der Waals surface area contributed by atoms with Gasteiger partial charge in [0.2, 0.25) is 0 Å². The highest BCUT2D eigenvalue weighted by Gasteiger charge is 2.45.